The van der Waals surface area contributed by atoms with Crippen molar-refractivity contribution < 1.29 is 4.79 Å². The molecule has 0 unspecified atom stereocenters. The van der Waals surface area contributed by atoms with Gasteiger partial charge in [0.15, 0.2) is 0 Å². The van der Waals surface area contributed by atoms with Gasteiger partial charge < -0.3 is 5.32 Å². The summed E-state index contributed by atoms with van der Waals surface area (Å²) in [4.78, 5) is 21.8. The highest BCUT2D eigenvalue weighted by Gasteiger charge is 2.11. The number of carbonyl (C=O) groups is 1. The minimum Gasteiger partial charge on any atom is -0.347 e. The summed E-state index contributed by atoms with van der Waals surface area (Å²) >= 11 is 7.47. The quantitative estimate of drug-likeness (QED) is 0.776. The number of hydrogen-bond donors (Lipinski definition) is 1. The van der Waals surface area contributed by atoms with E-state index in [4.69, 9.17) is 11.6 Å². The van der Waals surface area contributed by atoms with Crippen LogP contribution in [0.3, 0.4) is 0 Å². The molecule has 6 heteroatoms. The van der Waals surface area contributed by atoms with E-state index in [0.717, 1.165) is 21.1 Å². The third-order valence-corrected chi connectivity index (χ3v) is 4.74. The normalized spacial score (nSPS) is 10.5. The van der Waals surface area contributed by atoms with Crippen LogP contribution in [0.2, 0.25) is 5.02 Å². The molecule has 0 atom stereocenters. The second-order valence-electron chi connectivity index (χ2n) is 4.96. The SMILES string of the molecule is Cc1nc(-c2cccnc2)sc1CNC(=O)c1cccc(Cl)c1. The summed E-state index contributed by atoms with van der Waals surface area (Å²) < 4.78 is 0. The second-order valence-corrected chi connectivity index (χ2v) is 6.48. The first-order valence-corrected chi connectivity index (χ1v) is 8.23. The van der Waals surface area contributed by atoms with Gasteiger partial charge >= 0.3 is 0 Å². The highest BCUT2D eigenvalue weighted by Crippen LogP contribution is 2.27. The number of nitrogens with zero attached hydrogens (tertiary/aromatic N) is 2. The lowest BCUT2D eigenvalue weighted by molar-refractivity contribution is 0.0951. The molecule has 1 N–H and O–H groups in total. The van der Waals surface area contributed by atoms with E-state index in [1.165, 1.54) is 0 Å². The van der Waals surface area contributed by atoms with Crippen molar-refractivity contribution >= 4 is 28.8 Å². The van der Waals surface area contributed by atoms with Gasteiger partial charge in [0.25, 0.3) is 5.91 Å². The lowest BCUT2D eigenvalue weighted by Gasteiger charge is -2.04. The number of nitrogens with one attached hydrogen (secondary N) is 1. The summed E-state index contributed by atoms with van der Waals surface area (Å²) in [5, 5.41) is 4.36. The molecule has 4 nitrogen and oxygen atoms in total. The molecule has 3 rings (SSSR count). The molecule has 0 saturated heterocycles. The Hall–Kier alpha value is -2.24. The highest BCUT2D eigenvalue weighted by molar-refractivity contribution is 7.15. The van der Waals surface area contributed by atoms with Crippen LogP contribution in [0.1, 0.15) is 20.9 Å². The lowest BCUT2D eigenvalue weighted by atomic mass is 10.2. The number of thiazole rings is 1. The number of pyridine rings is 1. The van der Waals surface area contributed by atoms with Crippen molar-refractivity contribution in [2.45, 2.75) is 13.5 Å². The van der Waals surface area contributed by atoms with Crippen molar-refractivity contribution in [3.05, 3.63) is 69.9 Å². The number of carbonyl (C=O) groups excluding carboxylic acids is 1. The third-order valence-electron chi connectivity index (χ3n) is 3.30. The number of aromatic nitrogens is 2. The average Bonchev–Trinajstić information content (AvgIpc) is 2.94. The van der Waals surface area contributed by atoms with Crippen LogP contribution >= 0.6 is 22.9 Å². The predicted octanol–water partition coefficient (Wildman–Crippen LogP) is 4.10. The summed E-state index contributed by atoms with van der Waals surface area (Å²) in [7, 11) is 0. The minimum absolute atomic E-state index is 0.150. The Balaban J connectivity index is 1.71. The number of amides is 1. The molecule has 3 aromatic rings. The molecule has 0 fully saturated rings. The average molecular weight is 344 g/mol. The first kappa shape index (κ1) is 15.6. The molecule has 0 bridgehead atoms. The summed E-state index contributed by atoms with van der Waals surface area (Å²) in [6.07, 6.45) is 3.52. The Morgan fingerprint density at radius 3 is 2.91 bits per heavy atom. The van der Waals surface area contributed by atoms with Gasteiger partial charge in [0.05, 0.1) is 12.2 Å². The predicted molar refractivity (Wildman–Crippen MR) is 92.7 cm³/mol. The number of aryl methyl sites for hydroxylation is 1. The van der Waals surface area contributed by atoms with E-state index >= 15 is 0 Å². The van der Waals surface area contributed by atoms with E-state index in [0.29, 0.717) is 17.1 Å². The van der Waals surface area contributed by atoms with Crippen LogP contribution < -0.4 is 5.32 Å². The number of benzene rings is 1. The van der Waals surface area contributed by atoms with Gasteiger partial charge in [0.2, 0.25) is 0 Å². The molecule has 23 heavy (non-hydrogen) atoms. The van der Waals surface area contributed by atoms with E-state index in [-0.39, 0.29) is 5.91 Å². The maximum atomic E-state index is 12.2. The Morgan fingerprint density at radius 1 is 1.30 bits per heavy atom. The van der Waals surface area contributed by atoms with E-state index in [9.17, 15) is 4.79 Å². The van der Waals surface area contributed by atoms with Gasteiger partial charge in [-0.25, -0.2) is 4.98 Å². The summed E-state index contributed by atoms with van der Waals surface area (Å²) in [6.45, 7) is 2.38. The standard InChI is InChI=1S/C17H14ClN3OS/c1-11-15(23-17(21-11)13-5-3-7-19-9-13)10-20-16(22)12-4-2-6-14(18)8-12/h2-9H,10H2,1H3,(H,20,22). The first-order valence-electron chi connectivity index (χ1n) is 7.04. The van der Waals surface area contributed by atoms with Crippen LogP contribution in [-0.4, -0.2) is 15.9 Å². The largest absolute Gasteiger partial charge is 0.347 e. The fraction of sp³-hybridized carbons (Fsp3) is 0.118. The molecule has 2 heterocycles. The van der Waals surface area contributed by atoms with E-state index in [1.807, 2.05) is 19.1 Å². The van der Waals surface area contributed by atoms with Gasteiger partial charge in [-0.2, -0.15) is 0 Å². The summed E-state index contributed by atoms with van der Waals surface area (Å²) in [6, 6.07) is 10.7. The van der Waals surface area contributed by atoms with Crippen LogP contribution in [0.5, 0.6) is 0 Å². The van der Waals surface area contributed by atoms with Crippen LogP contribution in [0, 0.1) is 6.92 Å². The molecule has 1 amide bonds. The van der Waals surface area contributed by atoms with Crippen molar-refractivity contribution in [2.75, 3.05) is 0 Å². The fourth-order valence-corrected chi connectivity index (χ4v) is 3.28. The molecule has 0 radical (unpaired) electrons. The fourth-order valence-electron chi connectivity index (χ4n) is 2.10. The minimum atomic E-state index is -0.150. The van der Waals surface area contributed by atoms with E-state index in [2.05, 4.69) is 15.3 Å². The van der Waals surface area contributed by atoms with Crippen LogP contribution in [-0.2, 0) is 6.54 Å². The van der Waals surface area contributed by atoms with Crippen LogP contribution in [0.15, 0.2) is 48.8 Å². The number of hydrogen-bond acceptors (Lipinski definition) is 4. The third kappa shape index (κ3) is 3.75. The molecule has 0 aliphatic rings. The maximum absolute atomic E-state index is 12.2. The van der Waals surface area contributed by atoms with Crippen molar-refractivity contribution in [1.29, 1.82) is 0 Å². The molecule has 0 saturated carbocycles. The monoisotopic (exact) mass is 343 g/mol. The zero-order valence-electron chi connectivity index (χ0n) is 12.4. The van der Waals surface area contributed by atoms with Gasteiger partial charge in [-0.1, -0.05) is 17.7 Å². The van der Waals surface area contributed by atoms with E-state index in [1.54, 1.807) is 48.0 Å². The topological polar surface area (TPSA) is 54.9 Å². The molecule has 0 aliphatic heterocycles. The second kappa shape index (κ2) is 6.89. The first-order chi connectivity index (χ1) is 11.1. The molecular weight excluding hydrogens is 330 g/mol. The van der Waals surface area contributed by atoms with Crippen molar-refractivity contribution in [1.82, 2.24) is 15.3 Å². The number of halogens is 1. The molecular formula is C17H14ClN3OS. The van der Waals surface area contributed by atoms with Crippen molar-refractivity contribution in [2.24, 2.45) is 0 Å². The molecule has 1 aromatic carbocycles. The van der Waals surface area contributed by atoms with Crippen LogP contribution in [0.25, 0.3) is 10.6 Å². The molecule has 116 valence electrons. The smallest absolute Gasteiger partial charge is 0.251 e. The molecule has 2 aromatic heterocycles. The van der Waals surface area contributed by atoms with Gasteiger partial charge in [-0.05, 0) is 37.3 Å². The summed E-state index contributed by atoms with van der Waals surface area (Å²) in [5.74, 6) is -0.150. The Kier molecular flexibility index (Phi) is 4.69. The molecule has 0 aliphatic carbocycles. The Labute approximate surface area is 143 Å². The summed E-state index contributed by atoms with van der Waals surface area (Å²) in [5.41, 5.74) is 2.44. The van der Waals surface area contributed by atoms with E-state index < -0.39 is 0 Å². The van der Waals surface area contributed by atoms with Gasteiger partial charge in [-0.3, -0.25) is 9.78 Å². The van der Waals surface area contributed by atoms with Gasteiger partial charge in [0.1, 0.15) is 5.01 Å². The van der Waals surface area contributed by atoms with Gasteiger partial charge in [0, 0.05) is 33.4 Å². The van der Waals surface area contributed by atoms with Crippen molar-refractivity contribution in [3.8, 4) is 10.6 Å². The molecule has 0 spiro atoms. The maximum Gasteiger partial charge on any atom is 0.251 e. The Morgan fingerprint density at radius 2 is 2.17 bits per heavy atom. The van der Waals surface area contributed by atoms with Gasteiger partial charge in [-0.15, -0.1) is 11.3 Å². The zero-order chi connectivity index (χ0) is 16.2. The lowest BCUT2D eigenvalue weighted by Crippen LogP contribution is -2.22. The highest BCUT2D eigenvalue weighted by atomic mass is 35.5. The Bertz CT molecular complexity index is 833. The van der Waals surface area contributed by atoms with Crippen LogP contribution in [0.4, 0.5) is 0 Å². The zero-order valence-corrected chi connectivity index (χ0v) is 14.0. The van der Waals surface area contributed by atoms with Crippen molar-refractivity contribution in [3.63, 3.8) is 0 Å². The number of rotatable bonds is 4.